The van der Waals surface area contributed by atoms with E-state index in [1.807, 2.05) is 11.3 Å². The molecule has 0 bridgehead atoms. The zero-order chi connectivity index (χ0) is 14.5. The molecule has 1 aromatic heterocycles. The molecule has 1 aromatic carbocycles. The summed E-state index contributed by atoms with van der Waals surface area (Å²) >= 11 is 2.02. The highest BCUT2D eigenvalue weighted by Gasteiger charge is 2.16. The Bertz CT molecular complexity index is 537. The lowest BCUT2D eigenvalue weighted by atomic mass is 10.0. The molecule has 0 amide bonds. The van der Waals surface area contributed by atoms with Crippen molar-refractivity contribution in [3.63, 3.8) is 0 Å². The van der Waals surface area contributed by atoms with Crippen molar-refractivity contribution < 1.29 is 0 Å². The normalized spacial score (nSPS) is 15.1. The van der Waals surface area contributed by atoms with E-state index in [-0.39, 0.29) is 0 Å². The molecule has 3 rings (SSSR count). The average Bonchev–Trinajstić information content (AvgIpc) is 3.09. The van der Waals surface area contributed by atoms with E-state index in [0.717, 1.165) is 6.54 Å². The molecule has 1 aliphatic rings. The fourth-order valence-corrected chi connectivity index (χ4v) is 4.39. The maximum Gasteiger partial charge on any atom is 0.0323 e. The maximum absolute atomic E-state index is 3.79. The van der Waals surface area contributed by atoms with Gasteiger partial charge in [-0.3, -0.25) is 0 Å². The lowest BCUT2D eigenvalue weighted by Gasteiger charge is -2.18. The van der Waals surface area contributed by atoms with Gasteiger partial charge in [-0.25, -0.2) is 0 Å². The first-order valence-corrected chi connectivity index (χ1v) is 9.07. The first-order valence-electron chi connectivity index (χ1n) is 8.25. The van der Waals surface area contributed by atoms with Gasteiger partial charge in [0.1, 0.15) is 0 Å². The van der Waals surface area contributed by atoms with Gasteiger partial charge >= 0.3 is 0 Å². The second kappa shape index (κ2) is 7.24. The predicted octanol–water partition coefficient (Wildman–Crippen LogP) is 5.26. The Balaban J connectivity index is 1.63. The van der Waals surface area contributed by atoms with E-state index < -0.39 is 0 Å². The Kier molecular flexibility index (Phi) is 5.10. The smallest absolute Gasteiger partial charge is 0.0323 e. The summed E-state index contributed by atoms with van der Waals surface area (Å²) in [5.41, 5.74) is 3.04. The number of unbranched alkanes of at least 4 members (excludes halogenated alkanes) is 1. The third-order valence-electron chi connectivity index (χ3n) is 4.37. The van der Waals surface area contributed by atoms with Gasteiger partial charge in [-0.2, -0.15) is 0 Å². The first-order chi connectivity index (χ1) is 10.4. The number of hydrogen-bond acceptors (Lipinski definition) is 2. The van der Waals surface area contributed by atoms with Gasteiger partial charge in [0.2, 0.25) is 0 Å². The van der Waals surface area contributed by atoms with Crippen LogP contribution < -0.4 is 5.32 Å². The monoisotopic (exact) mass is 299 g/mol. The Morgan fingerprint density at radius 1 is 1.19 bits per heavy atom. The molecule has 2 heteroatoms. The topological polar surface area (TPSA) is 12.0 Å². The van der Waals surface area contributed by atoms with Crippen LogP contribution in [0.5, 0.6) is 0 Å². The molecule has 0 spiro atoms. The molecule has 1 nitrogen and oxygen atoms in total. The number of thiophene rings is 1. The highest BCUT2D eigenvalue weighted by molar-refractivity contribution is 7.12. The van der Waals surface area contributed by atoms with Gasteiger partial charge < -0.3 is 5.32 Å². The Hall–Kier alpha value is -1.12. The quantitative estimate of drug-likeness (QED) is 0.735. The first kappa shape index (κ1) is 14.8. The second-order valence-electron chi connectivity index (χ2n) is 6.00. The molecule has 1 atom stereocenters. The third kappa shape index (κ3) is 3.75. The summed E-state index contributed by atoms with van der Waals surface area (Å²) in [4.78, 5) is 3.15. The van der Waals surface area contributed by atoms with E-state index in [1.165, 1.54) is 49.0 Å². The highest BCUT2D eigenvalue weighted by Crippen LogP contribution is 2.31. The Morgan fingerprint density at radius 3 is 2.81 bits per heavy atom. The van der Waals surface area contributed by atoms with E-state index in [0.29, 0.717) is 6.04 Å². The molecule has 0 saturated heterocycles. The van der Waals surface area contributed by atoms with Gasteiger partial charge in [-0.1, -0.05) is 50.1 Å². The van der Waals surface area contributed by atoms with Gasteiger partial charge in [0, 0.05) is 22.3 Å². The largest absolute Gasteiger partial charge is 0.305 e. The van der Waals surface area contributed by atoms with Crippen molar-refractivity contribution in [2.24, 2.45) is 0 Å². The van der Waals surface area contributed by atoms with Crippen LogP contribution in [0.1, 0.15) is 59.5 Å². The SMILES string of the molecule is CCCCC(NCc1cc2c(s1)CCC2)c1ccccc1. The summed E-state index contributed by atoms with van der Waals surface area (Å²) in [5, 5.41) is 3.79. The summed E-state index contributed by atoms with van der Waals surface area (Å²) in [5.74, 6) is 0. The fraction of sp³-hybridized carbons (Fsp3) is 0.474. The molecular formula is C19H25NS. The van der Waals surface area contributed by atoms with Crippen molar-refractivity contribution in [1.82, 2.24) is 5.32 Å². The van der Waals surface area contributed by atoms with E-state index >= 15 is 0 Å². The zero-order valence-electron chi connectivity index (χ0n) is 12.9. The van der Waals surface area contributed by atoms with Gasteiger partial charge in [0.15, 0.2) is 0 Å². The van der Waals surface area contributed by atoms with Crippen molar-refractivity contribution >= 4 is 11.3 Å². The molecule has 0 radical (unpaired) electrons. The fourth-order valence-electron chi connectivity index (χ4n) is 3.18. The van der Waals surface area contributed by atoms with Crippen LogP contribution in [0, 0.1) is 0 Å². The van der Waals surface area contributed by atoms with Crippen molar-refractivity contribution in [2.75, 3.05) is 0 Å². The van der Waals surface area contributed by atoms with E-state index in [9.17, 15) is 0 Å². The van der Waals surface area contributed by atoms with Crippen LogP contribution >= 0.6 is 11.3 Å². The summed E-state index contributed by atoms with van der Waals surface area (Å²) in [6.07, 6.45) is 7.73. The number of rotatable bonds is 7. The average molecular weight is 299 g/mol. The second-order valence-corrected chi connectivity index (χ2v) is 7.22. The van der Waals surface area contributed by atoms with E-state index in [4.69, 9.17) is 0 Å². The predicted molar refractivity (Wildman–Crippen MR) is 91.9 cm³/mol. The maximum atomic E-state index is 3.79. The molecule has 1 aliphatic carbocycles. The van der Waals surface area contributed by atoms with Gasteiger partial charge in [0.25, 0.3) is 0 Å². The van der Waals surface area contributed by atoms with Crippen molar-refractivity contribution in [3.05, 3.63) is 57.3 Å². The summed E-state index contributed by atoms with van der Waals surface area (Å²) in [7, 11) is 0. The number of hydrogen-bond donors (Lipinski definition) is 1. The molecule has 2 aromatic rings. The highest BCUT2D eigenvalue weighted by atomic mass is 32.1. The molecule has 1 N–H and O–H groups in total. The van der Waals surface area contributed by atoms with Crippen LogP contribution in [0.4, 0.5) is 0 Å². The van der Waals surface area contributed by atoms with Gasteiger partial charge in [0.05, 0.1) is 0 Å². The number of fused-ring (bicyclic) bond motifs is 1. The molecule has 1 heterocycles. The minimum Gasteiger partial charge on any atom is -0.305 e. The molecule has 112 valence electrons. The van der Waals surface area contributed by atoms with Crippen LogP contribution in [-0.2, 0) is 19.4 Å². The van der Waals surface area contributed by atoms with Crippen molar-refractivity contribution in [2.45, 2.75) is 58.0 Å². The standard InChI is InChI=1S/C19H25NS/c1-2-3-11-18(15-8-5-4-6-9-15)20-14-17-13-16-10-7-12-19(16)21-17/h4-6,8-9,13,18,20H,2-3,7,10-12,14H2,1H3. The molecule has 0 aliphatic heterocycles. The summed E-state index contributed by atoms with van der Waals surface area (Å²) < 4.78 is 0. The third-order valence-corrected chi connectivity index (χ3v) is 5.61. The van der Waals surface area contributed by atoms with Crippen LogP contribution in [-0.4, -0.2) is 0 Å². The lowest BCUT2D eigenvalue weighted by Crippen LogP contribution is -2.20. The minimum atomic E-state index is 0.489. The number of aryl methyl sites for hydroxylation is 2. The molecular weight excluding hydrogens is 274 g/mol. The molecule has 0 fully saturated rings. The van der Waals surface area contributed by atoms with Crippen LogP contribution in [0.25, 0.3) is 0 Å². The van der Waals surface area contributed by atoms with Gasteiger partial charge in [-0.05, 0) is 42.9 Å². The Morgan fingerprint density at radius 2 is 2.05 bits per heavy atom. The zero-order valence-corrected chi connectivity index (χ0v) is 13.7. The van der Waals surface area contributed by atoms with E-state index in [2.05, 4.69) is 48.6 Å². The molecule has 0 saturated carbocycles. The van der Waals surface area contributed by atoms with Crippen LogP contribution in [0.15, 0.2) is 36.4 Å². The summed E-state index contributed by atoms with van der Waals surface area (Å²) in [6, 6.07) is 13.8. The Labute approximate surface area is 132 Å². The van der Waals surface area contributed by atoms with E-state index in [1.54, 1.807) is 10.4 Å². The summed E-state index contributed by atoms with van der Waals surface area (Å²) in [6.45, 7) is 3.28. The molecule has 1 unspecified atom stereocenters. The number of nitrogens with one attached hydrogen (secondary N) is 1. The van der Waals surface area contributed by atoms with Crippen molar-refractivity contribution in [1.29, 1.82) is 0 Å². The lowest BCUT2D eigenvalue weighted by molar-refractivity contribution is 0.482. The van der Waals surface area contributed by atoms with Crippen LogP contribution in [0.2, 0.25) is 0 Å². The van der Waals surface area contributed by atoms with Gasteiger partial charge in [-0.15, -0.1) is 11.3 Å². The minimum absolute atomic E-state index is 0.489. The number of benzene rings is 1. The van der Waals surface area contributed by atoms with Crippen molar-refractivity contribution in [3.8, 4) is 0 Å². The van der Waals surface area contributed by atoms with Crippen LogP contribution in [0.3, 0.4) is 0 Å². The molecule has 21 heavy (non-hydrogen) atoms.